The van der Waals surface area contributed by atoms with Crippen LogP contribution in [0, 0.1) is 11.8 Å². The molecule has 19 heavy (non-hydrogen) atoms. The van der Waals surface area contributed by atoms with Crippen LogP contribution < -0.4 is 0 Å². The van der Waals surface area contributed by atoms with Gasteiger partial charge in [0.05, 0.1) is 17.6 Å². The highest BCUT2D eigenvalue weighted by molar-refractivity contribution is 5.80. The number of para-hydroxylation sites is 2. The Morgan fingerprint density at radius 2 is 1.74 bits per heavy atom. The van der Waals surface area contributed by atoms with E-state index >= 15 is 0 Å². The van der Waals surface area contributed by atoms with Crippen LogP contribution in [0.25, 0.3) is 22.4 Å². The van der Waals surface area contributed by atoms with Crippen molar-refractivity contribution in [1.29, 1.82) is 0 Å². The number of hydrogen-bond donors (Lipinski definition) is 0. The predicted octanol–water partition coefficient (Wildman–Crippen LogP) is 3.73. The van der Waals surface area contributed by atoms with E-state index in [9.17, 15) is 0 Å². The third-order valence-electron chi connectivity index (χ3n) is 3.10. The molecule has 92 valence electrons. The lowest BCUT2D eigenvalue weighted by atomic mass is 10.2. The van der Waals surface area contributed by atoms with Crippen LogP contribution in [-0.4, -0.2) is 9.55 Å². The lowest BCUT2D eigenvalue weighted by Crippen LogP contribution is -1.98. The number of fused-ring (bicyclic) bond motifs is 1. The predicted molar refractivity (Wildman–Crippen MR) is 78.6 cm³/mol. The highest BCUT2D eigenvalue weighted by Gasteiger charge is 2.10. The van der Waals surface area contributed by atoms with Gasteiger partial charge in [-0.1, -0.05) is 48.4 Å². The second-order valence-electron chi connectivity index (χ2n) is 4.30. The first kappa shape index (κ1) is 11.6. The topological polar surface area (TPSA) is 17.8 Å². The van der Waals surface area contributed by atoms with Gasteiger partial charge in [-0.15, -0.1) is 5.92 Å². The molecule has 0 amide bonds. The Morgan fingerprint density at radius 1 is 1.00 bits per heavy atom. The minimum atomic E-state index is 0.668. The van der Waals surface area contributed by atoms with Crippen LogP contribution in [-0.2, 0) is 6.54 Å². The van der Waals surface area contributed by atoms with Crippen molar-refractivity contribution in [2.24, 2.45) is 0 Å². The van der Waals surface area contributed by atoms with Gasteiger partial charge in [-0.05, 0) is 19.1 Å². The molecule has 0 aliphatic heterocycles. The molecule has 0 N–H and O–H groups in total. The van der Waals surface area contributed by atoms with E-state index in [2.05, 4.69) is 34.6 Å². The van der Waals surface area contributed by atoms with Crippen LogP contribution in [0.3, 0.4) is 0 Å². The van der Waals surface area contributed by atoms with Gasteiger partial charge in [0.2, 0.25) is 0 Å². The molecule has 0 aliphatic rings. The van der Waals surface area contributed by atoms with E-state index in [0.717, 1.165) is 22.4 Å². The summed E-state index contributed by atoms with van der Waals surface area (Å²) >= 11 is 0. The monoisotopic (exact) mass is 246 g/mol. The van der Waals surface area contributed by atoms with Gasteiger partial charge in [-0.2, -0.15) is 0 Å². The van der Waals surface area contributed by atoms with E-state index in [1.807, 2.05) is 43.3 Å². The van der Waals surface area contributed by atoms with Crippen molar-refractivity contribution in [3.8, 4) is 23.2 Å². The van der Waals surface area contributed by atoms with E-state index in [1.54, 1.807) is 0 Å². The molecule has 1 heterocycles. The molecule has 1 aromatic heterocycles. The Balaban J connectivity index is 2.24. The highest BCUT2D eigenvalue weighted by Crippen LogP contribution is 2.24. The van der Waals surface area contributed by atoms with Gasteiger partial charge in [-0.3, -0.25) is 0 Å². The SMILES string of the molecule is CC#CCn1c(-c2ccccc2)nc2ccccc21. The lowest BCUT2D eigenvalue weighted by molar-refractivity contribution is 0.881. The zero-order valence-electron chi connectivity index (χ0n) is 10.8. The van der Waals surface area contributed by atoms with Crippen molar-refractivity contribution >= 4 is 11.0 Å². The molecule has 0 bridgehead atoms. The summed E-state index contributed by atoms with van der Waals surface area (Å²) in [4.78, 5) is 4.73. The van der Waals surface area contributed by atoms with Crippen molar-refractivity contribution in [1.82, 2.24) is 9.55 Å². The zero-order valence-corrected chi connectivity index (χ0v) is 10.8. The summed E-state index contributed by atoms with van der Waals surface area (Å²) in [6.45, 7) is 2.53. The number of benzene rings is 2. The largest absolute Gasteiger partial charge is 0.312 e. The van der Waals surface area contributed by atoms with E-state index in [4.69, 9.17) is 4.98 Å². The number of aromatic nitrogens is 2. The Labute approximate surface area is 112 Å². The molecule has 0 aliphatic carbocycles. The molecule has 0 saturated carbocycles. The summed E-state index contributed by atoms with van der Waals surface area (Å²) in [5.74, 6) is 7.05. The van der Waals surface area contributed by atoms with Gasteiger partial charge in [0.1, 0.15) is 5.82 Å². The fourth-order valence-electron chi connectivity index (χ4n) is 2.20. The van der Waals surface area contributed by atoms with Crippen LogP contribution in [0.15, 0.2) is 54.6 Å². The number of hydrogen-bond acceptors (Lipinski definition) is 1. The van der Waals surface area contributed by atoms with Crippen LogP contribution in [0.5, 0.6) is 0 Å². The normalized spacial score (nSPS) is 10.2. The molecule has 2 nitrogen and oxygen atoms in total. The Kier molecular flexibility index (Phi) is 3.04. The quantitative estimate of drug-likeness (QED) is 0.630. The van der Waals surface area contributed by atoms with Crippen LogP contribution in [0.4, 0.5) is 0 Å². The van der Waals surface area contributed by atoms with Crippen molar-refractivity contribution in [3.05, 3.63) is 54.6 Å². The average molecular weight is 246 g/mol. The van der Waals surface area contributed by atoms with Gasteiger partial charge >= 0.3 is 0 Å². The van der Waals surface area contributed by atoms with Crippen molar-refractivity contribution in [3.63, 3.8) is 0 Å². The van der Waals surface area contributed by atoms with Gasteiger partial charge < -0.3 is 4.57 Å². The molecule has 3 aromatic rings. The molecule has 0 unspecified atom stereocenters. The fraction of sp³-hybridized carbons (Fsp3) is 0.118. The third-order valence-corrected chi connectivity index (χ3v) is 3.10. The molecular formula is C17H14N2. The van der Waals surface area contributed by atoms with Gasteiger partial charge in [0.15, 0.2) is 0 Å². The number of imidazole rings is 1. The molecule has 0 spiro atoms. The maximum absolute atomic E-state index is 4.73. The fourth-order valence-corrected chi connectivity index (χ4v) is 2.20. The first-order valence-electron chi connectivity index (χ1n) is 6.30. The summed E-state index contributed by atoms with van der Waals surface area (Å²) in [5, 5.41) is 0. The summed E-state index contributed by atoms with van der Waals surface area (Å²) in [6, 6.07) is 18.4. The standard InChI is InChI=1S/C17H14N2/c1-2-3-13-19-16-12-8-7-11-15(16)18-17(19)14-9-5-4-6-10-14/h4-12H,13H2,1H3. The molecule has 0 atom stereocenters. The second kappa shape index (κ2) is 4.99. The van der Waals surface area contributed by atoms with Crippen molar-refractivity contribution < 1.29 is 0 Å². The molecule has 2 aromatic carbocycles. The second-order valence-corrected chi connectivity index (χ2v) is 4.30. The number of rotatable bonds is 2. The maximum Gasteiger partial charge on any atom is 0.141 e. The van der Waals surface area contributed by atoms with Gasteiger partial charge in [0, 0.05) is 5.56 Å². The first-order chi connectivity index (χ1) is 9.40. The Bertz CT molecular complexity index is 758. The van der Waals surface area contributed by atoms with Crippen molar-refractivity contribution in [2.45, 2.75) is 13.5 Å². The number of nitrogens with zero attached hydrogens (tertiary/aromatic N) is 2. The van der Waals surface area contributed by atoms with E-state index in [1.165, 1.54) is 0 Å². The maximum atomic E-state index is 4.73. The Morgan fingerprint density at radius 3 is 2.53 bits per heavy atom. The molecule has 0 radical (unpaired) electrons. The van der Waals surface area contributed by atoms with E-state index < -0.39 is 0 Å². The van der Waals surface area contributed by atoms with Crippen LogP contribution in [0.2, 0.25) is 0 Å². The van der Waals surface area contributed by atoms with Crippen LogP contribution in [0.1, 0.15) is 6.92 Å². The molecule has 2 heteroatoms. The van der Waals surface area contributed by atoms with Gasteiger partial charge in [-0.25, -0.2) is 4.98 Å². The van der Waals surface area contributed by atoms with Crippen molar-refractivity contribution in [2.75, 3.05) is 0 Å². The molecular weight excluding hydrogens is 232 g/mol. The summed E-state index contributed by atoms with van der Waals surface area (Å²) in [7, 11) is 0. The zero-order chi connectivity index (χ0) is 13.1. The molecule has 3 rings (SSSR count). The summed E-state index contributed by atoms with van der Waals surface area (Å²) in [5.41, 5.74) is 3.26. The minimum Gasteiger partial charge on any atom is -0.312 e. The van der Waals surface area contributed by atoms with Crippen LogP contribution >= 0.6 is 0 Å². The summed E-state index contributed by atoms with van der Waals surface area (Å²) in [6.07, 6.45) is 0. The van der Waals surface area contributed by atoms with Gasteiger partial charge in [0.25, 0.3) is 0 Å². The third kappa shape index (κ3) is 2.11. The molecule has 0 saturated heterocycles. The smallest absolute Gasteiger partial charge is 0.141 e. The summed E-state index contributed by atoms with van der Waals surface area (Å²) < 4.78 is 2.17. The Hall–Kier alpha value is -2.53. The highest BCUT2D eigenvalue weighted by atomic mass is 15.1. The van der Waals surface area contributed by atoms with E-state index in [0.29, 0.717) is 6.54 Å². The molecule has 0 fully saturated rings. The average Bonchev–Trinajstić information content (AvgIpc) is 2.85. The van der Waals surface area contributed by atoms with E-state index in [-0.39, 0.29) is 0 Å². The minimum absolute atomic E-state index is 0.668. The first-order valence-corrected chi connectivity index (χ1v) is 6.30. The lowest BCUT2D eigenvalue weighted by Gasteiger charge is -2.05.